The molecular formula is C17H28N2O. The minimum Gasteiger partial charge on any atom is -0.399 e. The molecule has 1 fully saturated rings. The Hall–Kier alpha value is -1.06. The first kappa shape index (κ1) is 15.3. The minimum atomic E-state index is 0.168. The second-order valence-corrected chi connectivity index (χ2v) is 6.68. The highest BCUT2D eigenvalue weighted by molar-refractivity contribution is 5.41. The van der Waals surface area contributed by atoms with Crippen LogP contribution in [0.15, 0.2) is 24.3 Å². The molecule has 2 N–H and O–H groups in total. The first-order chi connectivity index (χ1) is 9.51. The Morgan fingerprint density at radius 1 is 1.20 bits per heavy atom. The Morgan fingerprint density at radius 2 is 1.80 bits per heavy atom. The van der Waals surface area contributed by atoms with E-state index in [-0.39, 0.29) is 5.41 Å². The van der Waals surface area contributed by atoms with Crippen molar-refractivity contribution in [3.63, 3.8) is 0 Å². The highest BCUT2D eigenvalue weighted by atomic mass is 16.5. The van der Waals surface area contributed by atoms with Gasteiger partial charge >= 0.3 is 0 Å². The molecule has 0 bridgehead atoms. The smallest absolute Gasteiger partial charge is 0.0491 e. The van der Waals surface area contributed by atoms with Gasteiger partial charge in [-0.25, -0.2) is 0 Å². The van der Waals surface area contributed by atoms with Crippen molar-refractivity contribution in [3.8, 4) is 0 Å². The van der Waals surface area contributed by atoms with Crippen LogP contribution in [0, 0.1) is 5.92 Å². The number of methoxy groups -OCH3 is 1. The number of likely N-dealkylation sites (tertiary alicyclic amines) is 1. The quantitative estimate of drug-likeness (QED) is 0.840. The number of hydrogen-bond acceptors (Lipinski definition) is 3. The van der Waals surface area contributed by atoms with Gasteiger partial charge in [-0.1, -0.05) is 26.0 Å². The van der Waals surface area contributed by atoms with Crippen LogP contribution in [0.4, 0.5) is 5.69 Å². The zero-order valence-electron chi connectivity index (χ0n) is 13.1. The van der Waals surface area contributed by atoms with Crippen LogP contribution in [0.25, 0.3) is 0 Å². The second kappa shape index (κ2) is 6.59. The second-order valence-electron chi connectivity index (χ2n) is 6.68. The summed E-state index contributed by atoms with van der Waals surface area (Å²) in [7, 11) is 1.80. The van der Waals surface area contributed by atoms with Crippen molar-refractivity contribution in [1.29, 1.82) is 0 Å². The SMILES string of the molecule is COCC1CCN(CC(C)(C)c2ccc(N)cc2)CC1. The number of benzene rings is 1. The molecular weight excluding hydrogens is 248 g/mol. The molecule has 0 aromatic heterocycles. The van der Waals surface area contributed by atoms with E-state index >= 15 is 0 Å². The third-order valence-corrected chi connectivity index (χ3v) is 4.42. The van der Waals surface area contributed by atoms with Crippen LogP contribution in [0.1, 0.15) is 32.3 Å². The molecule has 2 rings (SSSR count). The van der Waals surface area contributed by atoms with Gasteiger partial charge in [-0.3, -0.25) is 0 Å². The molecule has 0 amide bonds. The highest BCUT2D eigenvalue weighted by Crippen LogP contribution is 2.27. The van der Waals surface area contributed by atoms with E-state index in [0.717, 1.165) is 24.8 Å². The van der Waals surface area contributed by atoms with Gasteiger partial charge in [-0.2, -0.15) is 0 Å². The fourth-order valence-corrected chi connectivity index (χ4v) is 3.13. The van der Waals surface area contributed by atoms with Crippen molar-refractivity contribution in [1.82, 2.24) is 4.90 Å². The van der Waals surface area contributed by atoms with Gasteiger partial charge in [0.25, 0.3) is 0 Å². The molecule has 1 aromatic rings. The summed E-state index contributed by atoms with van der Waals surface area (Å²) in [5, 5.41) is 0. The normalized spacial score (nSPS) is 18.4. The first-order valence-electron chi connectivity index (χ1n) is 7.58. The number of anilines is 1. The highest BCUT2D eigenvalue weighted by Gasteiger charge is 2.27. The van der Waals surface area contributed by atoms with Crippen LogP contribution in [0.5, 0.6) is 0 Å². The van der Waals surface area contributed by atoms with E-state index in [9.17, 15) is 0 Å². The molecule has 0 atom stereocenters. The van der Waals surface area contributed by atoms with E-state index in [4.69, 9.17) is 10.5 Å². The number of nitrogens with zero attached hydrogens (tertiary/aromatic N) is 1. The molecule has 1 aliphatic heterocycles. The van der Waals surface area contributed by atoms with E-state index in [2.05, 4.69) is 30.9 Å². The molecule has 3 heteroatoms. The van der Waals surface area contributed by atoms with Crippen LogP contribution >= 0.6 is 0 Å². The molecule has 0 unspecified atom stereocenters. The number of piperidine rings is 1. The third kappa shape index (κ3) is 3.97. The van der Waals surface area contributed by atoms with Gasteiger partial charge in [0.2, 0.25) is 0 Å². The van der Waals surface area contributed by atoms with Crippen molar-refractivity contribution in [2.24, 2.45) is 5.92 Å². The number of ether oxygens (including phenoxy) is 1. The number of nitrogens with two attached hydrogens (primary N) is 1. The molecule has 0 aliphatic carbocycles. The van der Waals surface area contributed by atoms with Gasteiger partial charge in [0.15, 0.2) is 0 Å². The third-order valence-electron chi connectivity index (χ3n) is 4.42. The van der Waals surface area contributed by atoms with Crippen LogP contribution in [-0.2, 0) is 10.2 Å². The van der Waals surface area contributed by atoms with Crippen molar-refractivity contribution in [2.45, 2.75) is 32.1 Å². The lowest BCUT2D eigenvalue weighted by molar-refractivity contribution is 0.0913. The monoisotopic (exact) mass is 276 g/mol. The minimum absolute atomic E-state index is 0.168. The van der Waals surface area contributed by atoms with Crippen molar-refractivity contribution in [3.05, 3.63) is 29.8 Å². The zero-order valence-corrected chi connectivity index (χ0v) is 13.1. The van der Waals surface area contributed by atoms with Gasteiger partial charge < -0.3 is 15.4 Å². The summed E-state index contributed by atoms with van der Waals surface area (Å²) in [5.41, 5.74) is 8.15. The molecule has 0 saturated carbocycles. The van der Waals surface area contributed by atoms with E-state index in [1.165, 1.54) is 31.5 Å². The predicted molar refractivity (Wildman–Crippen MR) is 84.9 cm³/mol. The summed E-state index contributed by atoms with van der Waals surface area (Å²) in [6.07, 6.45) is 2.51. The number of nitrogen functional groups attached to an aromatic ring is 1. The van der Waals surface area contributed by atoms with Gasteiger partial charge in [0, 0.05) is 31.4 Å². The average Bonchev–Trinajstić information content (AvgIpc) is 2.41. The first-order valence-corrected chi connectivity index (χ1v) is 7.58. The molecule has 1 saturated heterocycles. The van der Waals surface area contributed by atoms with Crippen LogP contribution in [-0.4, -0.2) is 38.3 Å². The maximum Gasteiger partial charge on any atom is 0.0491 e. The predicted octanol–water partition coefficient (Wildman–Crippen LogP) is 2.90. The standard InChI is InChI=1S/C17H28N2O/c1-17(2,15-4-6-16(18)7-5-15)13-19-10-8-14(9-11-19)12-20-3/h4-7,14H,8-13,18H2,1-3H3. The molecule has 1 aromatic carbocycles. The van der Waals surface area contributed by atoms with Crippen LogP contribution in [0.3, 0.4) is 0 Å². The molecule has 3 nitrogen and oxygen atoms in total. The van der Waals surface area contributed by atoms with Crippen LogP contribution < -0.4 is 5.73 Å². The lowest BCUT2D eigenvalue weighted by Crippen LogP contribution is -2.42. The van der Waals surface area contributed by atoms with E-state index in [0.29, 0.717) is 0 Å². The average molecular weight is 276 g/mol. The molecule has 20 heavy (non-hydrogen) atoms. The Kier molecular flexibility index (Phi) is 5.06. The van der Waals surface area contributed by atoms with Crippen LogP contribution in [0.2, 0.25) is 0 Å². The fourth-order valence-electron chi connectivity index (χ4n) is 3.13. The summed E-state index contributed by atoms with van der Waals surface area (Å²) >= 11 is 0. The summed E-state index contributed by atoms with van der Waals surface area (Å²) in [6, 6.07) is 8.32. The Bertz CT molecular complexity index is 406. The summed E-state index contributed by atoms with van der Waals surface area (Å²) in [6.45, 7) is 9.03. The summed E-state index contributed by atoms with van der Waals surface area (Å²) < 4.78 is 5.27. The molecule has 1 aliphatic rings. The number of hydrogen-bond donors (Lipinski definition) is 1. The van der Waals surface area contributed by atoms with Gasteiger partial charge in [0.1, 0.15) is 0 Å². The molecule has 1 heterocycles. The lowest BCUT2D eigenvalue weighted by atomic mass is 9.83. The molecule has 0 radical (unpaired) electrons. The largest absolute Gasteiger partial charge is 0.399 e. The fraction of sp³-hybridized carbons (Fsp3) is 0.647. The Labute approximate surface area is 123 Å². The van der Waals surface area contributed by atoms with E-state index in [1.54, 1.807) is 7.11 Å². The van der Waals surface area contributed by atoms with E-state index < -0.39 is 0 Å². The maximum atomic E-state index is 5.78. The summed E-state index contributed by atoms with van der Waals surface area (Å²) in [4.78, 5) is 2.59. The van der Waals surface area contributed by atoms with Crippen molar-refractivity contribution < 1.29 is 4.74 Å². The molecule has 112 valence electrons. The van der Waals surface area contributed by atoms with Gasteiger partial charge in [-0.15, -0.1) is 0 Å². The maximum absolute atomic E-state index is 5.78. The number of rotatable bonds is 5. The van der Waals surface area contributed by atoms with Gasteiger partial charge in [-0.05, 0) is 49.5 Å². The van der Waals surface area contributed by atoms with E-state index in [1.807, 2.05) is 12.1 Å². The van der Waals surface area contributed by atoms with Gasteiger partial charge in [0.05, 0.1) is 0 Å². The topological polar surface area (TPSA) is 38.5 Å². The van der Waals surface area contributed by atoms with Crippen molar-refractivity contribution >= 4 is 5.69 Å². The zero-order chi connectivity index (χ0) is 14.6. The van der Waals surface area contributed by atoms with Crippen molar-refractivity contribution in [2.75, 3.05) is 39.1 Å². The molecule has 0 spiro atoms. The Morgan fingerprint density at radius 3 is 2.35 bits per heavy atom. The lowest BCUT2D eigenvalue weighted by Gasteiger charge is -2.37. The summed E-state index contributed by atoms with van der Waals surface area (Å²) in [5.74, 6) is 0.746. The Balaban J connectivity index is 1.91.